The molecule has 4 aromatic rings. The molecule has 5 rings (SSSR count). The molecular formula is C31H27BrN2O3S. The summed E-state index contributed by atoms with van der Waals surface area (Å²) in [6.45, 7) is 6.19. The van der Waals surface area contributed by atoms with Crippen LogP contribution in [0.5, 0.6) is 0 Å². The number of hydrogen-bond donors (Lipinski definition) is 0. The van der Waals surface area contributed by atoms with E-state index in [0.29, 0.717) is 22.5 Å². The zero-order valence-corrected chi connectivity index (χ0v) is 23.3. The van der Waals surface area contributed by atoms with Crippen molar-refractivity contribution in [1.29, 1.82) is 0 Å². The highest BCUT2D eigenvalue weighted by atomic mass is 79.9. The second kappa shape index (κ2) is 10.7. The molecule has 1 aliphatic heterocycles. The van der Waals surface area contributed by atoms with Gasteiger partial charge in [-0.3, -0.25) is 9.69 Å². The number of para-hydroxylation sites is 2. The monoisotopic (exact) mass is 586 g/mol. The minimum Gasteiger partial charge on any atom is -0.280 e. The Morgan fingerprint density at radius 2 is 1.45 bits per heavy atom. The quantitative estimate of drug-likeness (QED) is 0.228. The van der Waals surface area contributed by atoms with Crippen LogP contribution in [0.15, 0.2) is 131 Å². The zero-order valence-electron chi connectivity index (χ0n) is 20.9. The summed E-state index contributed by atoms with van der Waals surface area (Å²) in [5.74, 6) is -1.04. The van der Waals surface area contributed by atoms with Gasteiger partial charge >= 0.3 is 0 Å². The van der Waals surface area contributed by atoms with Crippen molar-refractivity contribution in [2.24, 2.45) is 5.92 Å². The van der Waals surface area contributed by atoms with Gasteiger partial charge in [0.15, 0.2) is 0 Å². The molecule has 0 N–H and O–H groups in total. The first-order chi connectivity index (χ1) is 18.3. The van der Waals surface area contributed by atoms with Crippen molar-refractivity contribution in [3.05, 3.63) is 137 Å². The topological polar surface area (TPSA) is 57.7 Å². The Morgan fingerprint density at radius 1 is 0.868 bits per heavy atom. The highest BCUT2D eigenvalue weighted by molar-refractivity contribution is 9.10. The van der Waals surface area contributed by atoms with Gasteiger partial charge in [0.1, 0.15) is 0 Å². The van der Waals surface area contributed by atoms with Crippen molar-refractivity contribution in [3.8, 4) is 0 Å². The van der Waals surface area contributed by atoms with E-state index < -0.39 is 22.0 Å². The molecule has 0 unspecified atom stereocenters. The first kappa shape index (κ1) is 26.1. The number of aryl methyl sites for hydroxylation is 1. The van der Waals surface area contributed by atoms with E-state index in [0.717, 1.165) is 10.0 Å². The lowest BCUT2D eigenvalue weighted by Gasteiger charge is -2.31. The number of carbonyl (C=O) groups is 1. The van der Waals surface area contributed by atoms with Gasteiger partial charge in [-0.25, -0.2) is 8.42 Å². The smallest absolute Gasteiger partial charge is 0.243 e. The second-order valence-electron chi connectivity index (χ2n) is 9.34. The van der Waals surface area contributed by atoms with Gasteiger partial charge in [0, 0.05) is 22.4 Å². The fourth-order valence-electron chi connectivity index (χ4n) is 4.92. The van der Waals surface area contributed by atoms with Crippen LogP contribution in [0.2, 0.25) is 0 Å². The lowest BCUT2D eigenvalue weighted by molar-refractivity contribution is -0.121. The summed E-state index contributed by atoms with van der Waals surface area (Å²) < 4.78 is 30.2. The van der Waals surface area contributed by atoms with Crippen LogP contribution >= 0.6 is 15.9 Å². The Morgan fingerprint density at radius 3 is 2.00 bits per heavy atom. The van der Waals surface area contributed by atoms with Crippen LogP contribution in [0.1, 0.15) is 17.2 Å². The normalized spacial score (nSPS) is 17.9. The summed E-state index contributed by atoms with van der Waals surface area (Å²) in [7, 11) is -3.93. The van der Waals surface area contributed by atoms with Crippen LogP contribution in [-0.4, -0.2) is 25.2 Å². The molecule has 0 spiro atoms. The number of benzene rings is 4. The molecule has 0 aromatic heterocycles. The van der Waals surface area contributed by atoms with Crippen LogP contribution < -0.4 is 4.90 Å². The summed E-state index contributed by atoms with van der Waals surface area (Å²) in [6.07, 6.45) is 0. The fourth-order valence-corrected chi connectivity index (χ4v) is 6.97. The van der Waals surface area contributed by atoms with Crippen LogP contribution in [0.4, 0.5) is 11.4 Å². The highest BCUT2D eigenvalue weighted by Crippen LogP contribution is 2.46. The van der Waals surface area contributed by atoms with Crippen molar-refractivity contribution >= 4 is 43.2 Å². The first-order valence-electron chi connectivity index (χ1n) is 12.2. The maximum atomic E-state index is 14.5. The summed E-state index contributed by atoms with van der Waals surface area (Å²) >= 11 is 3.52. The van der Waals surface area contributed by atoms with Gasteiger partial charge in [0.05, 0.1) is 16.9 Å². The van der Waals surface area contributed by atoms with Crippen LogP contribution in [-0.2, 0) is 14.8 Å². The molecule has 5 nitrogen and oxygen atoms in total. The van der Waals surface area contributed by atoms with Crippen LogP contribution in [0, 0.1) is 12.8 Å². The van der Waals surface area contributed by atoms with E-state index in [2.05, 4.69) is 22.5 Å². The minimum atomic E-state index is -3.93. The van der Waals surface area contributed by atoms with Crippen molar-refractivity contribution in [1.82, 2.24) is 4.31 Å². The molecule has 0 bridgehead atoms. The van der Waals surface area contributed by atoms with E-state index in [-0.39, 0.29) is 17.3 Å². The molecule has 1 amide bonds. The molecular weight excluding hydrogens is 560 g/mol. The summed E-state index contributed by atoms with van der Waals surface area (Å²) in [5.41, 5.74) is 3.63. The number of sulfonamides is 1. The third kappa shape index (κ3) is 4.97. The highest BCUT2D eigenvalue weighted by Gasteiger charge is 2.49. The van der Waals surface area contributed by atoms with Crippen molar-refractivity contribution in [2.75, 3.05) is 11.4 Å². The van der Waals surface area contributed by atoms with Gasteiger partial charge < -0.3 is 0 Å². The predicted octanol–water partition coefficient (Wildman–Crippen LogP) is 7.04. The van der Waals surface area contributed by atoms with E-state index in [1.54, 1.807) is 29.2 Å². The van der Waals surface area contributed by atoms with E-state index in [1.165, 1.54) is 4.31 Å². The largest absolute Gasteiger partial charge is 0.280 e. The Hall–Kier alpha value is -3.52. The molecule has 0 radical (unpaired) electrons. The molecule has 1 fully saturated rings. The number of nitrogens with zero attached hydrogens (tertiary/aromatic N) is 2. The van der Waals surface area contributed by atoms with Gasteiger partial charge in [0.25, 0.3) is 0 Å². The average Bonchev–Trinajstić information content (AvgIpc) is 3.28. The molecule has 1 heterocycles. The average molecular weight is 588 g/mol. The van der Waals surface area contributed by atoms with Gasteiger partial charge in [-0.2, -0.15) is 4.31 Å². The SMILES string of the molecule is C=C1CN(S(=O)(=O)c2ccc(C)cc2)[C@@H](c2cccc(Br)c2)[C@@H]1C(=O)N(c1ccccc1)c1ccccc1. The number of hydrogen-bond acceptors (Lipinski definition) is 3. The third-order valence-electron chi connectivity index (χ3n) is 6.76. The van der Waals surface area contributed by atoms with Crippen LogP contribution in [0.25, 0.3) is 0 Å². The van der Waals surface area contributed by atoms with E-state index in [1.807, 2.05) is 91.9 Å². The number of halogens is 1. The van der Waals surface area contributed by atoms with Gasteiger partial charge in [0.2, 0.25) is 15.9 Å². The minimum absolute atomic E-state index is 0.0429. The second-order valence-corrected chi connectivity index (χ2v) is 12.2. The van der Waals surface area contributed by atoms with Gasteiger partial charge in [-0.1, -0.05) is 88.7 Å². The van der Waals surface area contributed by atoms with Gasteiger partial charge in [-0.05, 0) is 66.6 Å². The summed E-state index contributed by atoms with van der Waals surface area (Å²) in [4.78, 5) is 16.4. The van der Waals surface area contributed by atoms with Crippen molar-refractivity contribution in [2.45, 2.75) is 17.9 Å². The predicted molar refractivity (Wildman–Crippen MR) is 155 cm³/mol. The van der Waals surface area contributed by atoms with E-state index in [9.17, 15) is 13.2 Å². The zero-order chi connectivity index (χ0) is 26.9. The number of amides is 1. The van der Waals surface area contributed by atoms with Crippen molar-refractivity contribution < 1.29 is 13.2 Å². The number of anilines is 2. The Kier molecular flexibility index (Phi) is 7.34. The summed E-state index contributed by atoms with van der Waals surface area (Å²) in [5, 5.41) is 0. The molecule has 4 aromatic carbocycles. The molecule has 2 atom stereocenters. The molecule has 1 aliphatic rings. The lowest BCUT2D eigenvalue weighted by atomic mass is 9.90. The number of carbonyl (C=O) groups excluding carboxylic acids is 1. The Labute approximate surface area is 232 Å². The molecule has 1 saturated heterocycles. The summed E-state index contributed by atoms with van der Waals surface area (Å²) in [6, 6.07) is 32.3. The third-order valence-corrected chi connectivity index (χ3v) is 9.09. The van der Waals surface area contributed by atoms with Crippen molar-refractivity contribution in [3.63, 3.8) is 0 Å². The molecule has 7 heteroatoms. The van der Waals surface area contributed by atoms with E-state index >= 15 is 0 Å². The molecule has 0 saturated carbocycles. The molecule has 38 heavy (non-hydrogen) atoms. The molecule has 192 valence electrons. The van der Waals surface area contributed by atoms with Gasteiger partial charge in [-0.15, -0.1) is 0 Å². The maximum absolute atomic E-state index is 14.5. The Bertz CT molecular complexity index is 1530. The molecule has 0 aliphatic carbocycles. The number of rotatable bonds is 6. The Balaban J connectivity index is 1.65. The van der Waals surface area contributed by atoms with Crippen LogP contribution in [0.3, 0.4) is 0 Å². The first-order valence-corrected chi connectivity index (χ1v) is 14.5. The lowest BCUT2D eigenvalue weighted by Crippen LogP contribution is -2.38. The standard InChI is InChI=1S/C31H27BrN2O3S/c1-22-16-18-28(19-17-22)38(36,37)33-21-23(2)29(30(33)24-10-9-11-25(32)20-24)31(35)34(26-12-5-3-6-13-26)27-14-7-4-8-15-27/h3-20,29-30H,2,21H2,1H3/t29-,30+/m1/s1. The maximum Gasteiger partial charge on any atom is 0.243 e. The van der Waals surface area contributed by atoms with E-state index in [4.69, 9.17) is 0 Å². The fraction of sp³-hybridized carbons (Fsp3) is 0.129.